The summed E-state index contributed by atoms with van der Waals surface area (Å²) < 4.78 is 19.1. The maximum Gasteiger partial charge on any atom is 0.348 e. The number of esters is 1. The van der Waals surface area contributed by atoms with Gasteiger partial charge in [-0.3, -0.25) is 4.79 Å². The zero-order valence-electron chi connectivity index (χ0n) is 11.9. The number of benzene rings is 1. The Bertz CT molecular complexity index is 717. The van der Waals surface area contributed by atoms with Crippen LogP contribution < -0.4 is 0 Å². The highest BCUT2D eigenvalue weighted by Gasteiger charge is 2.18. The van der Waals surface area contributed by atoms with Gasteiger partial charge in [-0.1, -0.05) is 15.9 Å². The minimum atomic E-state index is -0.482. The molecule has 0 aliphatic rings. The van der Waals surface area contributed by atoms with Crippen LogP contribution in [0, 0.1) is 5.82 Å². The Hall–Kier alpha value is -1.73. The highest BCUT2D eigenvalue weighted by molar-refractivity contribution is 9.10. The molecule has 0 saturated heterocycles. The lowest BCUT2D eigenvalue weighted by Crippen LogP contribution is -2.25. The normalized spacial score (nSPS) is 10.4. The minimum Gasteiger partial charge on any atom is -0.465 e. The maximum absolute atomic E-state index is 13.7. The number of hydrogen-bond acceptors (Lipinski definition) is 4. The molecule has 0 unspecified atom stereocenters. The SMILES string of the molecule is COC(=O)c1ccc(C(=O)N(C)Cc2cc(Br)ccc2F)s1. The Morgan fingerprint density at radius 1 is 1.27 bits per heavy atom. The minimum absolute atomic E-state index is 0.134. The number of amides is 1. The van der Waals surface area contributed by atoms with Crippen molar-refractivity contribution in [1.29, 1.82) is 0 Å². The van der Waals surface area contributed by atoms with Gasteiger partial charge in [0.15, 0.2) is 0 Å². The zero-order chi connectivity index (χ0) is 16.3. The third kappa shape index (κ3) is 3.72. The number of methoxy groups -OCH3 is 1. The summed E-state index contributed by atoms with van der Waals surface area (Å²) in [7, 11) is 2.87. The molecule has 0 fully saturated rings. The number of rotatable bonds is 4. The lowest BCUT2D eigenvalue weighted by Gasteiger charge is -2.17. The molecule has 0 atom stereocenters. The van der Waals surface area contributed by atoms with Crippen molar-refractivity contribution in [3.63, 3.8) is 0 Å². The van der Waals surface area contributed by atoms with Crippen molar-refractivity contribution in [2.75, 3.05) is 14.2 Å². The Labute approximate surface area is 139 Å². The van der Waals surface area contributed by atoms with E-state index in [0.717, 1.165) is 15.8 Å². The Kier molecular flexibility index (Phi) is 5.31. The predicted octanol–water partition coefficient (Wildman–Crippen LogP) is 3.71. The van der Waals surface area contributed by atoms with Crippen LogP contribution in [0.5, 0.6) is 0 Å². The van der Waals surface area contributed by atoms with Crippen LogP contribution in [0.25, 0.3) is 0 Å². The molecule has 0 bridgehead atoms. The Morgan fingerprint density at radius 3 is 2.64 bits per heavy atom. The molecule has 0 spiro atoms. The van der Waals surface area contributed by atoms with Gasteiger partial charge in [0.25, 0.3) is 5.91 Å². The number of nitrogens with zero attached hydrogens (tertiary/aromatic N) is 1. The van der Waals surface area contributed by atoms with Crippen molar-refractivity contribution < 1.29 is 18.7 Å². The molecular formula is C15H13BrFNO3S. The van der Waals surface area contributed by atoms with E-state index >= 15 is 0 Å². The van der Waals surface area contributed by atoms with E-state index in [4.69, 9.17) is 0 Å². The molecule has 4 nitrogen and oxygen atoms in total. The molecule has 0 aliphatic heterocycles. The Morgan fingerprint density at radius 2 is 1.95 bits per heavy atom. The summed E-state index contributed by atoms with van der Waals surface area (Å²) in [6.45, 7) is 0.134. The van der Waals surface area contributed by atoms with Gasteiger partial charge in [0.2, 0.25) is 0 Å². The van der Waals surface area contributed by atoms with Crippen molar-refractivity contribution in [3.8, 4) is 0 Å². The fraction of sp³-hybridized carbons (Fsp3) is 0.200. The summed E-state index contributed by atoms with van der Waals surface area (Å²) >= 11 is 4.33. The average Bonchev–Trinajstić information content (AvgIpc) is 2.99. The maximum atomic E-state index is 13.7. The molecule has 1 aromatic heterocycles. The second kappa shape index (κ2) is 7.02. The van der Waals surface area contributed by atoms with Crippen molar-refractivity contribution in [3.05, 3.63) is 55.9 Å². The number of carbonyl (C=O) groups excluding carboxylic acids is 2. The van der Waals surface area contributed by atoms with Crippen molar-refractivity contribution in [2.45, 2.75) is 6.54 Å². The van der Waals surface area contributed by atoms with Crippen LogP contribution >= 0.6 is 27.3 Å². The van der Waals surface area contributed by atoms with E-state index in [1.165, 1.54) is 24.1 Å². The van der Waals surface area contributed by atoms with Gasteiger partial charge in [0.1, 0.15) is 10.7 Å². The number of carbonyl (C=O) groups is 2. The highest BCUT2D eigenvalue weighted by Crippen LogP contribution is 2.21. The molecule has 22 heavy (non-hydrogen) atoms. The monoisotopic (exact) mass is 385 g/mol. The predicted molar refractivity (Wildman–Crippen MR) is 85.6 cm³/mol. The van der Waals surface area contributed by atoms with Crippen LogP contribution in [0.15, 0.2) is 34.8 Å². The van der Waals surface area contributed by atoms with Gasteiger partial charge >= 0.3 is 5.97 Å². The second-order valence-corrected chi connectivity index (χ2v) is 6.55. The third-order valence-electron chi connectivity index (χ3n) is 2.97. The summed E-state index contributed by atoms with van der Waals surface area (Å²) in [5.74, 6) is -1.13. The molecule has 116 valence electrons. The van der Waals surface area contributed by atoms with Crippen LogP contribution in [-0.4, -0.2) is 30.9 Å². The lowest BCUT2D eigenvalue weighted by atomic mass is 10.2. The standard InChI is InChI=1S/C15H13BrFNO3S/c1-18(8-9-7-10(16)3-4-11(9)17)14(19)12-5-6-13(22-12)15(20)21-2/h3-7H,8H2,1-2H3. The van der Waals surface area contributed by atoms with Gasteiger partial charge in [-0.15, -0.1) is 11.3 Å². The van der Waals surface area contributed by atoms with E-state index in [9.17, 15) is 14.0 Å². The summed E-state index contributed by atoms with van der Waals surface area (Å²) in [4.78, 5) is 25.9. The van der Waals surface area contributed by atoms with Gasteiger partial charge in [-0.05, 0) is 30.3 Å². The molecule has 1 heterocycles. The van der Waals surface area contributed by atoms with Gasteiger partial charge in [0.05, 0.1) is 12.0 Å². The van der Waals surface area contributed by atoms with Gasteiger partial charge < -0.3 is 9.64 Å². The van der Waals surface area contributed by atoms with Gasteiger partial charge in [-0.25, -0.2) is 9.18 Å². The van der Waals surface area contributed by atoms with Crippen LogP contribution in [0.2, 0.25) is 0 Å². The average molecular weight is 386 g/mol. The summed E-state index contributed by atoms with van der Waals surface area (Å²) in [6.07, 6.45) is 0. The lowest BCUT2D eigenvalue weighted by molar-refractivity contribution is 0.0606. The molecule has 0 aliphatic carbocycles. The van der Waals surface area contributed by atoms with Gasteiger partial charge in [0, 0.05) is 23.6 Å². The van der Waals surface area contributed by atoms with Crippen LogP contribution in [-0.2, 0) is 11.3 Å². The first-order chi connectivity index (χ1) is 10.4. The van der Waals surface area contributed by atoms with Crippen LogP contribution in [0.1, 0.15) is 24.9 Å². The van der Waals surface area contributed by atoms with Crippen molar-refractivity contribution >= 4 is 39.1 Å². The summed E-state index contributed by atoms with van der Waals surface area (Å²) in [6, 6.07) is 7.68. The smallest absolute Gasteiger partial charge is 0.348 e. The molecule has 2 aromatic rings. The topological polar surface area (TPSA) is 46.6 Å². The summed E-state index contributed by atoms with van der Waals surface area (Å²) in [5, 5.41) is 0. The third-order valence-corrected chi connectivity index (χ3v) is 4.51. The quantitative estimate of drug-likeness (QED) is 0.753. The molecule has 2 rings (SSSR count). The van der Waals surface area contributed by atoms with Crippen molar-refractivity contribution in [1.82, 2.24) is 4.90 Å². The molecule has 0 saturated carbocycles. The first-order valence-electron chi connectivity index (χ1n) is 6.30. The fourth-order valence-electron chi connectivity index (χ4n) is 1.84. The molecule has 0 N–H and O–H groups in total. The first-order valence-corrected chi connectivity index (χ1v) is 7.91. The van der Waals surface area contributed by atoms with Crippen LogP contribution in [0.3, 0.4) is 0 Å². The largest absolute Gasteiger partial charge is 0.465 e. The van der Waals surface area contributed by atoms with Crippen LogP contribution in [0.4, 0.5) is 4.39 Å². The fourth-order valence-corrected chi connectivity index (χ4v) is 3.17. The zero-order valence-corrected chi connectivity index (χ0v) is 14.3. The van der Waals surface area contributed by atoms with Gasteiger partial charge in [-0.2, -0.15) is 0 Å². The van der Waals surface area contributed by atoms with E-state index in [1.54, 1.807) is 25.2 Å². The van der Waals surface area contributed by atoms with E-state index in [1.807, 2.05) is 0 Å². The molecule has 0 radical (unpaired) electrons. The number of halogens is 2. The Balaban J connectivity index is 2.13. The van der Waals surface area contributed by atoms with E-state index in [0.29, 0.717) is 15.3 Å². The van der Waals surface area contributed by atoms with Crippen molar-refractivity contribution in [2.24, 2.45) is 0 Å². The van der Waals surface area contributed by atoms with E-state index < -0.39 is 5.97 Å². The highest BCUT2D eigenvalue weighted by atomic mass is 79.9. The molecule has 1 aromatic carbocycles. The number of thiophene rings is 1. The molecule has 1 amide bonds. The van der Waals surface area contributed by atoms with E-state index in [-0.39, 0.29) is 18.3 Å². The number of ether oxygens (including phenoxy) is 1. The molecule has 7 heteroatoms. The molecular weight excluding hydrogens is 373 g/mol. The van der Waals surface area contributed by atoms with E-state index in [2.05, 4.69) is 20.7 Å². The first kappa shape index (κ1) is 16.6. The second-order valence-electron chi connectivity index (χ2n) is 4.55. The summed E-state index contributed by atoms with van der Waals surface area (Å²) in [5.41, 5.74) is 0.412. The number of hydrogen-bond donors (Lipinski definition) is 0.